The summed E-state index contributed by atoms with van der Waals surface area (Å²) in [5, 5.41) is 22.2. The van der Waals surface area contributed by atoms with Crippen molar-refractivity contribution >= 4 is 23.6 Å². The average molecular weight is 364 g/mol. The second kappa shape index (κ2) is 6.71. The van der Waals surface area contributed by atoms with E-state index < -0.39 is 18.0 Å². The van der Waals surface area contributed by atoms with Gasteiger partial charge in [-0.3, -0.25) is 14.6 Å². The zero-order chi connectivity index (χ0) is 19.2. The molecule has 0 radical (unpaired) electrons. The molecule has 3 N–H and O–H groups in total. The Bertz CT molecular complexity index is 714. The van der Waals surface area contributed by atoms with Crippen LogP contribution in [-0.2, 0) is 14.4 Å². The largest absolute Gasteiger partial charge is 0.477 e. The number of likely N-dealkylation sites (N-methyl/N-ethyl adjacent to an activating group) is 1. The molecule has 3 heterocycles. The van der Waals surface area contributed by atoms with Gasteiger partial charge in [0.25, 0.3) is 0 Å². The Morgan fingerprint density at radius 2 is 2.12 bits per heavy atom. The normalized spacial score (nSPS) is 29.2. The number of β-lactam (4-membered cyclic amide) rings is 1. The van der Waals surface area contributed by atoms with Crippen molar-refractivity contribution in [2.24, 2.45) is 16.8 Å². The highest BCUT2D eigenvalue weighted by molar-refractivity contribution is 6.00. The molecule has 0 aliphatic carbocycles. The second-order valence-electron chi connectivity index (χ2n) is 7.17. The predicted molar refractivity (Wildman–Crippen MR) is 92.2 cm³/mol. The van der Waals surface area contributed by atoms with Gasteiger partial charge >= 0.3 is 5.97 Å². The van der Waals surface area contributed by atoms with Crippen LogP contribution in [0.3, 0.4) is 0 Å². The Morgan fingerprint density at radius 3 is 2.65 bits per heavy atom. The third-order valence-corrected chi connectivity index (χ3v) is 5.38. The van der Waals surface area contributed by atoms with E-state index in [-0.39, 0.29) is 29.5 Å². The number of carbonyl (C=O) groups excluding carboxylic acids is 2. The van der Waals surface area contributed by atoms with Gasteiger partial charge in [0, 0.05) is 33.0 Å². The maximum absolute atomic E-state index is 12.3. The fourth-order valence-electron chi connectivity index (χ4n) is 4.11. The number of carbonyl (C=O) groups is 3. The van der Waals surface area contributed by atoms with Crippen LogP contribution in [0.25, 0.3) is 0 Å². The first-order valence-corrected chi connectivity index (χ1v) is 8.68. The first kappa shape index (κ1) is 18.4. The number of aliphatic carboxylic acids is 1. The summed E-state index contributed by atoms with van der Waals surface area (Å²) in [5.74, 6) is -1.48. The van der Waals surface area contributed by atoms with Crippen molar-refractivity contribution in [2.45, 2.75) is 32.4 Å². The lowest BCUT2D eigenvalue weighted by atomic mass is 9.81. The van der Waals surface area contributed by atoms with Crippen molar-refractivity contribution in [1.82, 2.24) is 15.1 Å². The molecular weight excluding hydrogens is 340 g/mol. The lowest BCUT2D eigenvalue weighted by Crippen LogP contribution is -2.61. The van der Waals surface area contributed by atoms with Gasteiger partial charge in [-0.2, -0.15) is 0 Å². The van der Waals surface area contributed by atoms with Crippen molar-refractivity contribution in [2.75, 3.05) is 26.7 Å². The van der Waals surface area contributed by atoms with E-state index in [1.807, 2.05) is 11.9 Å². The summed E-state index contributed by atoms with van der Waals surface area (Å²) in [5.41, 5.74) is 0.768. The Morgan fingerprint density at radius 1 is 1.42 bits per heavy atom. The second-order valence-corrected chi connectivity index (χ2v) is 7.17. The van der Waals surface area contributed by atoms with Gasteiger partial charge < -0.3 is 25.3 Å². The quantitative estimate of drug-likeness (QED) is 0.540. The molecule has 0 aromatic rings. The fourth-order valence-corrected chi connectivity index (χ4v) is 4.11. The number of amidine groups is 1. The number of nitrogens with zero attached hydrogens (tertiary/aromatic N) is 3. The molecule has 2 amide bonds. The van der Waals surface area contributed by atoms with Crippen LogP contribution in [0.1, 0.15) is 20.3 Å². The third-order valence-electron chi connectivity index (χ3n) is 5.38. The molecule has 9 heteroatoms. The van der Waals surface area contributed by atoms with Gasteiger partial charge in [0.15, 0.2) is 0 Å². The van der Waals surface area contributed by atoms with Crippen LogP contribution >= 0.6 is 0 Å². The standard InChI is InChI=1S/C17H24N4O5/c1-8(22)14-12-4-11(15(17(25)26)21(12)16(14)24)10-5-19-13(20(3)7-10)6-18-9(2)23/h8,10,12,14,22H,4-7H2,1-3H3,(H,18,23)(H,25,26)/t8-,10-,12-,14-/m1/s1. The number of fused-ring (bicyclic) bond motifs is 1. The summed E-state index contributed by atoms with van der Waals surface area (Å²) in [4.78, 5) is 42.8. The molecule has 26 heavy (non-hydrogen) atoms. The van der Waals surface area contributed by atoms with Crippen LogP contribution in [0.15, 0.2) is 16.3 Å². The molecule has 0 saturated carbocycles. The van der Waals surface area contributed by atoms with E-state index in [9.17, 15) is 24.6 Å². The summed E-state index contributed by atoms with van der Waals surface area (Å²) < 4.78 is 0. The van der Waals surface area contributed by atoms with Gasteiger partial charge in [-0.1, -0.05) is 0 Å². The van der Waals surface area contributed by atoms with Gasteiger partial charge in [0.1, 0.15) is 11.5 Å². The lowest BCUT2D eigenvalue weighted by Gasteiger charge is -2.44. The maximum Gasteiger partial charge on any atom is 0.352 e. The zero-order valence-electron chi connectivity index (χ0n) is 15.1. The number of hydrogen-bond donors (Lipinski definition) is 3. The highest BCUT2D eigenvalue weighted by Gasteiger charge is 2.57. The molecule has 4 atom stereocenters. The highest BCUT2D eigenvalue weighted by Crippen LogP contribution is 2.46. The average Bonchev–Trinajstić information content (AvgIpc) is 2.88. The number of carboxylic acids is 1. The highest BCUT2D eigenvalue weighted by atomic mass is 16.4. The first-order valence-electron chi connectivity index (χ1n) is 8.68. The number of amides is 2. The van der Waals surface area contributed by atoms with E-state index in [2.05, 4.69) is 10.3 Å². The van der Waals surface area contributed by atoms with Crippen molar-refractivity contribution < 1.29 is 24.6 Å². The van der Waals surface area contributed by atoms with E-state index >= 15 is 0 Å². The minimum absolute atomic E-state index is 0.0517. The van der Waals surface area contributed by atoms with Crippen LogP contribution in [0.4, 0.5) is 0 Å². The molecule has 1 fully saturated rings. The molecule has 0 bridgehead atoms. The number of aliphatic hydroxyl groups is 1. The van der Waals surface area contributed by atoms with Crippen LogP contribution in [0.2, 0.25) is 0 Å². The third kappa shape index (κ3) is 2.96. The molecule has 3 aliphatic heterocycles. The predicted octanol–water partition coefficient (Wildman–Crippen LogP) is -0.967. The molecule has 0 aromatic heterocycles. The van der Waals surface area contributed by atoms with Crippen molar-refractivity contribution in [3.8, 4) is 0 Å². The van der Waals surface area contributed by atoms with Crippen molar-refractivity contribution in [3.05, 3.63) is 11.3 Å². The number of hydrogen-bond acceptors (Lipinski definition) is 6. The Labute approximate surface area is 151 Å². The summed E-state index contributed by atoms with van der Waals surface area (Å²) in [7, 11) is 1.85. The number of nitrogens with one attached hydrogen (secondary N) is 1. The minimum Gasteiger partial charge on any atom is -0.477 e. The number of carboxylic acid groups (broad SMARTS) is 1. The topological polar surface area (TPSA) is 123 Å². The Balaban J connectivity index is 1.80. The molecular formula is C17H24N4O5. The van der Waals surface area contributed by atoms with E-state index in [1.165, 1.54) is 11.8 Å². The Kier molecular flexibility index (Phi) is 4.74. The van der Waals surface area contributed by atoms with Crippen molar-refractivity contribution in [1.29, 1.82) is 0 Å². The Hall–Kier alpha value is -2.42. The van der Waals surface area contributed by atoms with Crippen LogP contribution < -0.4 is 5.32 Å². The van der Waals surface area contributed by atoms with E-state index in [0.29, 0.717) is 31.6 Å². The smallest absolute Gasteiger partial charge is 0.352 e. The van der Waals surface area contributed by atoms with Crippen molar-refractivity contribution in [3.63, 3.8) is 0 Å². The summed E-state index contributed by atoms with van der Waals surface area (Å²) in [6, 6.07) is -0.279. The van der Waals surface area contributed by atoms with E-state index in [4.69, 9.17) is 0 Å². The summed E-state index contributed by atoms with van der Waals surface area (Å²) >= 11 is 0. The van der Waals surface area contributed by atoms with Crippen LogP contribution in [-0.4, -0.2) is 82.5 Å². The van der Waals surface area contributed by atoms with Gasteiger partial charge in [0.05, 0.1) is 24.6 Å². The first-order chi connectivity index (χ1) is 12.2. The molecule has 9 nitrogen and oxygen atoms in total. The van der Waals surface area contributed by atoms with Gasteiger partial charge in [-0.25, -0.2) is 4.79 Å². The fraction of sp³-hybridized carbons (Fsp3) is 0.647. The molecule has 0 unspecified atom stereocenters. The summed E-state index contributed by atoms with van der Waals surface area (Å²) in [6.07, 6.45) is -0.340. The van der Waals surface area contributed by atoms with Crippen LogP contribution in [0.5, 0.6) is 0 Å². The molecule has 3 aliphatic rings. The minimum atomic E-state index is -1.12. The number of rotatable bonds is 5. The van der Waals surface area contributed by atoms with Gasteiger partial charge in [-0.05, 0) is 18.9 Å². The monoisotopic (exact) mass is 364 g/mol. The molecule has 0 aromatic carbocycles. The van der Waals surface area contributed by atoms with E-state index in [1.54, 1.807) is 6.92 Å². The molecule has 142 valence electrons. The van der Waals surface area contributed by atoms with E-state index in [0.717, 1.165) is 5.84 Å². The van der Waals surface area contributed by atoms with Crippen LogP contribution in [0, 0.1) is 11.8 Å². The SMILES string of the molecule is CC(=O)NCC1=NC[C@@H](C2=C(C(=O)O)N3C(=O)[C@H]([C@@H](C)O)[C@H]3C2)CN1C. The maximum atomic E-state index is 12.3. The molecule has 1 saturated heterocycles. The number of aliphatic imine (C=N–C) groups is 1. The zero-order valence-corrected chi connectivity index (χ0v) is 15.1. The number of aliphatic hydroxyl groups excluding tert-OH is 1. The molecule has 0 spiro atoms. The molecule has 3 rings (SSSR count). The van der Waals surface area contributed by atoms with Gasteiger partial charge in [-0.15, -0.1) is 0 Å². The van der Waals surface area contributed by atoms with Gasteiger partial charge in [0.2, 0.25) is 11.8 Å². The lowest BCUT2D eigenvalue weighted by molar-refractivity contribution is -0.161. The summed E-state index contributed by atoms with van der Waals surface area (Å²) in [6.45, 7) is 4.32.